The summed E-state index contributed by atoms with van der Waals surface area (Å²) in [5.74, 6) is 0.263. The second kappa shape index (κ2) is 6.55. The summed E-state index contributed by atoms with van der Waals surface area (Å²) in [6.45, 7) is 6.39. The van der Waals surface area contributed by atoms with E-state index in [2.05, 4.69) is 10.3 Å². The second-order valence-corrected chi connectivity index (χ2v) is 8.15. The predicted molar refractivity (Wildman–Crippen MR) is 98.1 cm³/mol. The van der Waals surface area contributed by atoms with Gasteiger partial charge in [0.1, 0.15) is 5.75 Å². The second-order valence-electron chi connectivity index (χ2n) is 7.17. The van der Waals surface area contributed by atoms with Crippen LogP contribution in [0, 0.1) is 5.92 Å². The molecule has 0 aliphatic carbocycles. The van der Waals surface area contributed by atoms with Gasteiger partial charge in [-0.15, -0.1) is 0 Å². The van der Waals surface area contributed by atoms with Gasteiger partial charge in [0.15, 0.2) is 5.16 Å². The van der Waals surface area contributed by atoms with Crippen molar-refractivity contribution in [1.29, 1.82) is 0 Å². The van der Waals surface area contributed by atoms with Crippen LogP contribution in [-0.4, -0.2) is 26.3 Å². The molecule has 2 aromatic rings. The van der Waals surface area contributed by atoms with Crippen LogP contribution in [0.15, 0.2) is 40.3 Å². The van der Waals surface area contributed by atoms with Gasteiger partial charge in [-0.3, -0.25) is 14.2 Å². The van der Waals surface area contributed by atoms with Crippen LogP contribution >= 0.6 is 11.8 Å². The van der Waals surface area contributed by atoms with Crippen molar-refractivity contribution in [3.05, 3.63) is 46.4 Å². The number of anilines is 1. The minimum absolute atomic E-state index is 0.121. The highest BCUT2D eigenvalue weighted by atomic mass is 32.2. The van der Waals surface area contributed by atoms with E-state index in [-0.39, 0.29) is 28.5 Å². The van der Waals surface area contributed by atoms with E-state index in [9.17, 15) is 14.7 Å². The number of thioether (sulfide) groups is 1. The fraction of sp³-hybridized carbons (Fsp3) is 0.389. The Labute approximate surface area is 150 Å². The molecule has 2 heterocycles. The molecule has 0 spiro atoms. The van der Waals surface area contributed by atoms with Crippen molar-refractivity contribution < 1.29 is 9.90 Å². The van der Waals surface area contributed by atoms with Gasteiger partial charge in [0.05, 0.1) is 11.6 Å². The first-order valence-electron chi connectivity index (χ1n) is 8.09. The third kappa shape index (κ3) is 3.87. The summed E-state index contributed by atoms with van der Waals surface area (Å²) in [5.41, 5.74) is 1.07. The Morgan fingerprint density at radius 2 is 2.00 bits per heavy atom. The maximum atomic E-state index is 12.5. The van der Waals surface area contributed by atoms with Gasteiger partial charge in [-0.05, 0) is 24.3 Å². The minimum Gasteiger partial charge on any atom is -0.508 e. The number of hydrogen-bond donors (Lipinski definition) is 2. The lowest BCUT2D eigenvalue weighted by Gasteiger charge is -2.26. The van der Waals surface area contributed by atoms with Gasteiger partial charge in [-0.1, -0.05) is 32.5 Å². The van der Waals surface area contributed by atoms with Crippen LogP contribution in [0.3, 0.4) is 0 Å². The molecule has 3 rings (SSSR count). The number of aromatic nitrogens is 2. The number of carbonyl (C=O) groups is 1. The van der Waals surface area contributed by atoms with Crippen molar-refractivity contribution in [1.82, 2.24) is 9.55 Å². The normalized spacial score (nSPS) is 17.0. The molecule has 1 aromatic carbocycles. The molecule has 0 bridgehead atoms. The number of amides is 1. The SMILES string of the molecule is CC(C)(C)c1cc(=O)n2c(n1)SCC(C(=O)Nc1ccc(O)cc1)C2. The molecule has 132 valence electrons. The number of fused-ring (bicyclic) bond motifs is 1. The highest BCUT2D eigenvalue weighted by Gasteiger charge is 2.28. The van der Waals surface area contributed by atoms with Crippen molar-refractivity contribution >= 4 is 23.4 Å². The monoisotopic (exact) mass is 359 g/mol. The first-order valence-corrected chi connectivity index (χ1v) is 9.07. The lowest BCUT2D eigenvalue weighted by Crippen LogP contribution is -2.37. The zero-order chi connectivity index (χ0) is 18.2. The van der Waals surface area contributed by atoms with Crippen molar-refractivity contribution in [3.63, 3.8) is 0 Å². The molecular weight excluding hydrogens is 338 g/mol. The maximum Gasteiger partial charge on any atom is 0.254 e. The predicted octanol–water partition coefficient (Wildman–Crippen LogP) is 2.61. The summed E-state index contributed by atoms with van der Waals surface area (Å²) in [6.07, 6.45) is 0. The van der Waals surface area contributed by atoms with Crippen molar-refractivity contribution in [2.24, 2.45) is 5.92 Å². The topological polar surface area (TPSA) is 84.2 Å². The van der Waals surface area contributed by atoms with E-state index in [4.69, 9.17) is 0 Å². The van der Waals surface area contributed by atoms with Crippen LogP contribution in [0.2, 0.25) is 0 Å². The highest BCUT2D eigenvalue weighted by molar-refractivity contribution is 7.99. The summed E-state index contributed by atoms with van der Waals surface area (Å²) in [6, 6.07) is 7.87. The molecule has 1 aliphatic heterocycles. The van der Waals surface area contributed by atoms with Crippen molar-refractivity contribution in [3.8, 4) is 5.75 Å². The van der Waals surface area contributed by atoms with E-state index in [0.29, 0.717) is 23.1 Å². The number of hydrogen-bond acceptors (Lipinski definition) is 5. The molecule has 1 atom stereocenters. The molecule has 7 heteroatoms. The van der Waals surface area contributed by atoms with Crippen LogP contribution in [0.4, 0.5) is 5.69 Å². The fourth-order valence-electron chi connectivity index (χ4n) is 2.54. The molecule has 0 saturated carbocycles. The average Bonchev–Trinajstić information content (AvgIpc) is 2.55. The van der Waals surface area contributed by atoms with E-state index in [1.165, 1.54) is 23.9 Å². The summed E-state index contributed by atoms with van der Waals surface area (Å²) < 4.78 is 1.57. The van der Waals surface area contributed by atoms with Crippen LogP contribution in [-0.2, 0) is 16.8 Å². The molecular formula is C18H21N3O3S. The fourth-order valence-corrected chi connectivity index (χ4v) is 3.63. The molecule has 1 aromatic heterocycles. The number of carbonyl (C=O) groups excluding carboxylic acids is 1. The highest BCUT2D eigenvalue weighted by Crippen LogP contribution is 2.28. The Morgan fingerprint density at radius 1 is 1.32 bits per heavy atom. The minimum atomic E-state index is -0.314. The number of phenolic OH excluding ortho intramolecular Hbond substituents is 1. The van der Waals surface area contributed by atoms with Gasteiger partial charge < -0.3 is 10.4 Å². The van der Waals surface area contributed by atoms with Crippen molar-refractivity contribution in [2.75, 3.05) is 11.1 Å². The Morgan fingerprint density at radius 3 is 2.64 bits per heavy atom. The summed E-state index contributed by atoms with van der Waals surface area (Å²) >= 11 is 1.43. The largest absolute Gasteiger partial charge is 0.508 e. The van der Waals surface area contributed by atoms with E-state index in [0.717, 1.165) is 5.69 Å². The van der Waals surface area contributed by atoms with Crippen LogP contribution in [0.25, 0.3) is 0 Å². The van der Waals surface area contributed by atoms with Crippen LogP contribution < -0.4 is 10.9 Å². The molecule has 1 amide bonds. The molecule has 25 heavy (non-hydrogen) atoms. The third-order valence-electron chi connectivity index (χ3n) is 4.06. The molecule has 6 nitrogen and oxygen atoms in total. The Balaban J connectivity index is 1.78. The van der Waals surface area contributed by atoms with Gasteiger partial charge in [0, 0.05) is 29.5 Å². The van der Waals surface area contributed by atoms with E-state index in [1.54, 1.807) is 22.8 Å². The third-order valence-corrected chi connectivity index (χ3v) is 5.20. The number of benzene rings is 1. The molecule has 2 N–H and O–H groups in total. The quantitative estimate of drug-likeness (QED) is 0.636. The number of rotatable bonds is 2. The van der Waals surface area contributed by atoms with Crippen LogP contribution in [0.1, 0.15) is 26.5 Å². The maximum absolute atomic E-state index is 12.5. The Hall–Kier alpha value is -2.28. The van der Waals surface area contributed by atoms with E-state index >= 15 is 0 Å². The first kappa shape index (κ1) is 17.5. The molecule has 1 unspecified atom stereocenters. The zero-order valence-corrected chi connectivity index (χ0v) is 15.3. The number of nitrogens with zero attached hydrogens (tertiary/aromatic N) is 2. The molecule has 0 radical (unpaired) electrons. The molecule has 1 aliphatic rings. The van der Waals surface area contributed by atoms with Crippen molar-refractivity contribution in [2.45, 2.75) is 37.9 Å². The summed E-state index contributed by atoms with van der Waals surface area (Å²) in [4.78, 5) is 29.5. The van der Waals surface area contributed by atoms with E-state index in [1.807, 2.05) is 20.8 Å². The lowest BCUT2D eigenvalue weighted by atomic mass is 9.92. The van der Waals surface area contributed by atoms with Crippen LogP contribution in [0.5, 0.6) is 5.75 Å². The summed E-state index contributed by atoms with van der Waals surface area (Å²) in [5, 5.41) is 12.8. The summed E-state index contributed by atoms with van der Waals surface area (Å²) in [7, 11) is 0. The number of nitrogens with one attached hydrogen (secondary N) is 1. The Kier molecular flexibility index (Phi) is 4.60. The number of aromatic hydroxyl groups is 1. The zero-order valence-electron chi connectivity index (χ0n) is 14.4. The smallest absolute Gasteiger partial charge is 0.254 e. The average molecular weight is 359 g/mol. The van der Waals surface area contributed by atoms with Gasteiger partial charge in [-0.2, -0.15) is 0 Å². The van der Waals surface area contributed by atoms with Gasteiger partial charge in [0.2, 0.25) is 5.91 Å². The molecule has 0 fully saturated rings. The lowest BCUT2D eigenvalue weighted by molar-refractivity contribution is -0.119. The standard InChI is InChI=1S/C18H21N3O3S/c1-18(2,3)14-8-15(23)21-9-11(10-25-17(21)20-14)16(24)19-12-4-6-13(22)7-5-12/h4-8,11,22H,9-10H2,1-3H3,(H,19,24). The molecule has 0 saturated heterocycles. The Bertz CT molecular complexity index is 853. The number of phenols is 1. The van der Waals surface area contributed by atoms with Gasteiger partial charge in [-0.25, -0.2) is 4.98 Å². The first-order chi connectivity index (χ1) is 11.7. The van der Waals surface area contributed by atoms with E-state index < -0.39 is 0 Å². The van der Waals surface area contributed by atoms with Gasteiger partial charge >= 0.3 is 0 Å². The van der Waals surface area contributed by atoms with Gasteiger partial charge in [0.25, 0.3) is 5.56 Å².